The minimum Gasteiger partial charge on any atom is -0.375 e. The maximum absolute atomic E-state index is 11.4. The quantitative estimate of drug-likeness (QED) is 0.771. The van der Waals surface area contributed by atoms with Crippen LogP contribution in [0.2, 0.25) is 0 Å². The molecule has 2 nitrogen and oxygen atoms in total. The summed E-state index contributed by atoms with van der Waals surface area (Å²) in [6.45, 7) is 2.88. The van der Waals surface area contributed by atoms with Gasteiger partial charge in [0, 0.05) is 19.4 Å². The summed E-state index contributed by atoms with van der Waals surface area (Å²) in [7, 11) is 0. The van der Waals surface area contributed by atoms with Crippen molar-refractivity contribution in [2.75, 3.05) is 18.1 Å². The minimum atomic E-state index is 0.184. The SMILES string of the molecule is CCC(=O)CCC1CCOC2(CCSCC2)C1. The number of hydrogen-bond acceptors (Lipinski definition) is 3. The number of ether oxygens (including phenoxy) is 1. The molecule has 2 saturated heterocycles. The van der Waals surface area contributed by atoms with Gasteiger partial charge in [0.2, 0.25) is 0 Å². The summed E-state index contributed by atoms with van der Waals surface area (Å²) in [6, 6.07) is 0. The molecule has 0 N–H and O–H groups in total. The fourth-order valence-electron chi connectivity index (χ4n) is 3.01. The fraction of sp³-hybridized carbons (Fsp3) is 0.929. The van der Waals surface area contributed by atoms with Crippen molar-refractivity contribution in [1.29, 1.82) is 0 Å². The van der Waals surface area contributed by atoms with Crippen molar-refractivity contribution < 1.29 is 9.53 Å². The molecule has 2 fully saturated rings. The molecule has 1 unspecified atom stereocenters. The Balaban J connectivity index is 1.81. The Kier molecular flexibility index (Phi) is 4.92. The Labute approximate surface area is 109 Å². The lowest BCUT2D eigenvalue weighted by Crippen LogP contribution is -2.42. The summed E-state index contributed by atoms with van der Waals surface area (Å²) < 4.78 is 6.07. The zero-order chi connectivity index (χ0) is 12.1. The van der Waals surface area contributed by atoms with Gasteiger partial charge in [0.25, 0.3) is 0 Å². The number of rotatable bonds is 4. The first-order valence-corrected chi connectivity index (χ1v) is 8.13. The van der Waals surface area contributed by atoms with Crippen LogP contribution < -0.4 is 0 Å². The smallest absolute Gasteiger partial charge is 0.132 e. The van der Waals surface area contributed by atoms with E-state index in [1.54, 1.807) is 0 Å². The number of carbonyl (C=O) groups excluding carboxylic acids is 1. The highest BCUT2D eigenvalue weighted by atomic mass is 32.2. The van der Waals surface area contributed by atoms with Crippen LogP contribution in [0.15, 0.2) is 0 Å². The molecule has 2 heterocycles. The van der Waals surface area contributed by atoms with Gasteiger partial charge in [0.15, 0.2) is 0 Å². The predicted octanol–water partition coefficient (Wildman–Crippen LogP) is 3.44. The number of carbonyl (C=O) groups is 1. The van der Waals surface area contributed by atoms with E-state index in [0.29, 0.717) is 12.2 Å². The molecule has 0 aliphatic carbocycles. The van der Waals surface area contributed by atoms with Gasteiger partial charge in [-0.15, -0.1) is 0 Å². The van der Waals surface area contributed by atoms with Gasteiger partial charge < -0.3 is 4.74 Å². The normalized spacial score (nSPS) is 28.2. The van der Waals surface area contributed by atoms with E-state index < -0.39 is 0 Å². The molecule has 2 rings (SSSR count). The topological polar surface area (TPSA) is 26.3 Å². The van der Waals surface area contributed by atoms with Crippen molar-refractivity contribution in [2.24, 2.45) is 5.92 Å². The monoisotopic (exact) mass is 256 g/mol. The molecule has 2 aliphatic heterocycles. The Morgan fingerprint density at radius 1 is 1.41 bits per heavy atom. The maximum atomic E-state index is 11.4. The highest BCUT2D eigenvalue weighted by Gasteiger charge is 2.38. The first kappa shape index (κ1) is 13.4. The number of thioether (sulfide) groups is 1. The average Bonchev–Trinajstić information content (AvgIpc) is 2.37. The molecule has 2 aliphatic rings. The second-order valence-corrected chi connectivity index (χ2v) is 6.66. The first-order chi connectivity index (χ1) is 8.24. The molecule has 98 valence electrons. The van der Waals surface area contributed by atoms with Gasteiger partial charge in [-0.2, -0.15) is 11.8 Å². The van der Waals surface area contributed by atoms with Gasteiger partial charge in [-0.25, -0.2) is 0 Å². The second kappa shape index (κ2) is 6.24. The van der Waals surface area contributed by atoms with Crippen LogP contribution in [0.5, 0.6) is 0 Å². The highest BCUT2D eigenvalue weighted by molar-refractivity contribution is 7.99. The molecule has 0 saturated carbocycles. The van der Waals surface area contributed by atoms with Crippen LogP contribution in [0.4, 0.5) is 0 Å². The molecule has 0 radical (unpaired) electrons. The van der Waals surface area contributed by atoms with E-state index >= 15 is 0 Å². The third-order valence-electron chi connectivity index (χ3n) is 4.22. The second-order valence-electron chi connectivity index (χ2n) is 5.43. The van der Waals surface area contributed by atoms with Crippen molar-refractivity contribution in [2.45, 2.75) is 57.5 Å². The molecule has 1 spiro atoms. The summed E-state index contributed by atoms with van der Waals surface area (Å²) in [5, 5.41) is 0. The zero-order valence-corrected chi connectivity index (χ0v) is 11.7. The summed E-state index contributed by atoms with van der Waals surface area (Å²) >= 11 is 2.05. The molecule has 17 heavy (non-hydrogen) atoms. The van der Waals surface area contributed by atoms with E-state index in [0.717, 1.165) is 31.8 Å². The third-order valence-corrected chi connectivity index (χ3v) is 5.21. The molecular weight excluding hydrogens is 232 g/mol. The molecule has 0 amide bonds. The van der Waals surface area contributed by atoms with Crippen LogP contribution in [0.3, 0.4) is 0 Å². The van der Waals surface area contributed by atoms with Crippen molar-refractivity contribution in [3.8, 4) is 0 Å². The molecule has 0 aromatic rings. The Bertz CT molecular complexity index is 253. The van der Waals surface area contributed by atoms with Gasteiger partial charge in [-0.05, 0) is 49.5 Å². The third kappa shape index (κ3) is 3.72. The van der Waals surface area contributed by atoms with Crippen molar-refractivity contribution in [3.63, 3.8) is 0 Å². The predicted molar refractivity (Wildman–Crippen MR) is 72.5 cm³/mol. The van der Waals surface area contributed by atoms with Crippen LogP contribution >= 0.6 is 11.8 Å². The lowest BCUT2D eigenvalue weighted by molar-refractivity contribution is -0.121. The fourth-order valence-corrected chi connectivity index (χ4v) is 4.25. The lowest BCUT2D eigenvalue weighted by atomic mass is 9.80. The van der Waals surface area contributed by atoms with Crippen LogP contribution in [-0.4, -0.2) is 29.5 Å². The standard InChI is InChI=1S/C14H24O2S/c1-2-13(15)4-3-12-5-8-16-14(11-12)6-9-17-10-7-14/h12H,2-11H2,1H3. The molecule has 1 atom stereocenters. The Morgan fingerprint density at radius 2 is 2.18 bits per heavy atom. The Hall–Kier alpha value is -0.0200. The molecule has 0 aromatic carbocycles. The molecule has 0 aromatic heterocycles. The van der Waals surface area contributed by atoms with Crippen LogP contribution in [0, 0.1) is 5.92 Å². The van der Waals surface area contributed by atoms with Gasteiger partial charge in [-0.3, -0.25) is 4.79 Å². The van der Waals surface area contributed by atoms with Crippen molar-refractivity contribution in [1.82, 2.24) is 0 Å². The maximum Gasteiger partial charge on any atom is 0.132 e. The number of ketones is 1. The highest BCUT2D eigenvalue weighted by Crippen LogP contribution is 2.40. The molecular formula is C14H24O2S. The molecule has 0 bridgehead atoms. The van der Waals surface area contributed by atoms with E-state index in [1.807, 2.05) is 6.92 Å². The van der Waals surface area contributed by atoms with Gasteiger partial charge in [-0.1, -0.05) is 6.92 Å². The lowest BCUT2D eigenvalue weighted by Gasteiger charge is -2.43. The van der Waals surface area contributed by atoms with Crippen LogP contribution in [0.1, 0.15) is 51.9 Å². The Morgan fingerprint density at radius 3 is 2.88 bits per heavy atom. The van der Waals surface area contributed by atoms with Gasteiger partial charge in [0.1, 0.15) is 5.78 Å². The zero-order valence-electron chi connectivity index (χ0n) is 10.9. The summed E-state index contributed by atoms with van der Waals surface area (Å²) in [6.07, 6.45) is 7.37. The molecule has 3 heteroatoms. The van der Waals surface area contributed by atoms with Crippen LogP contribution in [0.25, 0.3) is 0 Å². The number of hydrogen-bond donors (Lipinski definition) is 0. The van der Waals surface area contributed by atoms with E-state index in [1.165, 1.54) is 30.8 Å². The van der Waals surface area contributed by atoms with Crippen molar-refractivity contribution in [3.05, 3.63) is 0 Å². The summed E-state index contributed by atoms with van der Waals surface area (Å²) in [5.74, 6) is 3.65. The van der Waals surface area contributed by atoms with Gasteiger partial charge in [0.05, 0.1) is 5.60 Å². The van der Waals surface area contributed by atoms with Gasteiger partial charge >= 0.3 is 0 Å². The van der Waals surface area contributed by atoms with E-state index in [2.05, 4.69) is 11.8 Å². The number of Topliss-reactive ketones (excluding diaryl/α,β-unsaturated/α-hetero) is 1. The van der Waals surface area contributed by atoms with E-state index in [9.17, 15) is 4.79 Å². The van der Waals surface area contributed by atoms with E-state index in [-0.39, 0.29) is 5.60 Å². The minimum absolute atomic E-state index is 0.184. The van der Waals surface area contributed by atoms with E-state index in [4.69, 9.17) is 4.74 Å². The summed E-state index contributed by atoms with van der Waals surface area (Å²) in [5.41, 5.74) is 0.184. The van der Waals surface area contributed by atoms with Crippen LogP contribution in [-0.2, 0) is 9.53 Å². The van der Waals surface area contributed by atoms with Crippen molar-refractivity contribution >= 4 is 17.5 Å². The largest absolute Gasteiger partial charge is 0.375 e. The first-order valence-electron chi connectivity index (χ1n) is 6.97. The average molecular weight is 256 g/mol. The summed E-state index contributed by atoms with van der Waals surface area (Å²) in [4.78, 5) is 11.4.